The Morgan fingerprint density at radius 2 is 2.10 bits per heavy atom. The van der Waals surface area contributed by atoms with Crippen molar-refractivity contribution in [3.05, 3.63) is 32.6 Å². The van der Waals surface area contributed by atoms with E-state index in [1.165, 1.54) is 0 Å². The zero-order chi connectivity index (χ0) is 22.7. The lowest BCUT2D eigenvalue weighted by Gasteiger charge is -2.24. The predicted molar refractivity (Wildman–Crippen MR) is 105 cm³/mol. The summed E-state index contributed by atoms with van der Waals surface area (Å²) in [5, 5.41) is 3.05. The molecule has 166 valence electrons. The molecular formula is C18H22F3N3O5S. The Morgan fingerprint density at radius 3 is 2.67 bits per heavy atom. The van der Waals surface area contributed by atoms with Crippen molar-refractivity contribution >= 4 is 17.4 Å². The number of aromatic amines is 1. The zero-order valence-corrected chi connectivity index (χ0v) is 17.4. The van der Waals surface area contributed by atoms with Crippen LogP contribution in [0.3, 0.4) is 0 Å². The molecule has 1 aromatic rings. The van der Waals surface area contributed by atoms with E-state index >= 15 is 0 Å². The molecule has 1 aliphatic rings. The maximum atomic E-state index is 13.0. The molecule has 0 unspecified atom stereocenters. The molecule has 1 saturated heterocycles. The smallest absolute Gasteiger partial charge is 0.423 e. The van der Waals surface area contributed by atoms with E-state index in [2.05, 4.69) is 11.2 Å². The molecule has 1 aliphatic heterocycles. The van der Waals surface area contributed by atoms with Gasteiger partial charge in [-0.1, -0.05) is 5.92 Å². The van der Waals surface area contributed by atoms with Gasteiger partial charge >= 0.3 is 11.9 Å². The first-order chi connectivity index (χ1) is 13.8. The average Bonchev–Trinajstić information content (AvgIpc) is 2.98. The molecule has 0 amide bonds. The third kappa shape index (κ3) is 6.32. The highest BCUT2D eigenvalue weighted by Gasteiger charge is 2.40. The lowest BCUT2D eigenvalue weighted by molar-refractivity contribution is -0.139. The highest BCUT2D eigenvalue weighted by molar-refractivity contribution is 7.80. The molecule has 2 rings (SSSR count). The molecule has 3 atom stereocenters. The van der Waals surface area contributed by atoms with E-state index in [0.29, 0.717) is 10.8 Å². The molecule has 30 heavy (non-hydrogen) atoms. The Morgan fingerprint density at radius 1 is 1.43 bits per heavy atom. The number of rotatable bonds is 5. The number of ether oxygens (including phenoxy) is 3. The molecular weight excluding hydrogens is 427 g/mol. The molecule has 0 aromatic carbocycles. The molecule has 1 aromatic heterocycles. The third-order valence-electron chi connectivity index (χ3n) is 4.00. The average molecular weight is 449 g/mol. The Bertz CT molecular complexity index is 929. The number of hydrogen-bond acceptors (Lipinski definition) is 6. The monoisotopic (exact) mass is 449 g/mol. The highest BCUT2D eigenvalue weighted by atomic mass is 32.1. The number of nitrogens with one attached hydrogen (secondary N) is 2. The zero-order valence-electron chi connectivity index (χ0n) is 16.5. The van der Waals surface area contributed by atoms with Crippen molar-refractivity contribution < 1.29 is 27.4 Å². The number of alkyl halides is 3. The van der Waals surface area contributed by atoms with Crippen LogP contribution in [0, 0.1) is 12.3 Å². The standard InChI is InChI=1S/C18H22F3N3O5S/c1-5-6-27-11-7-13(29-12(11)9-28-16(30)23-17(2,3)4)24-8-10(18(19,20)21)14(25)22-15(24)26/h1,8,11-13H,6-7,9H2,2-4H3,(H,23,30)(H,22,25,26)/t11-,12+,13+/m0/s1. The van der Waals surface area contributed by atoms with E-state index in [-0.39, 0.29) is 30.3 Å². The van der Waals surface area contributed by atoms with Gasteiger partial charge in [-0.3, -0.25) is 14.3 Å². The van der Waals surface area contributed by atoms with E-state index in [9.17, 15) is 22.8 Å². The van der Waals surface area contributed by atoms with Crippen LogP contribution in [-0.2, 0) is 20.4 Å². The molecule has 8 nitrogen and oxygen atoms in total. The van der Waals surface area contributed by atoms with Gasteiger partial charge in [0.1, 0.15) is 31.1 Å². The van der Waals surface area contributed by atoms with Crippen LogP contribution >= 0.6 is 12.2 Å². The van der Waals surface area contributed by atoms with Gasteiger partial charge < -0.3 is 19.5 Å². The summed E-state index contributed by atoms with van der Waals surface area (Å²) in [6.45, 7) is 5.48. The first-order valence-electron chi connectivity index (χ1n) is 8.90. The van der Waals surface area contributed by atoms with Gasteiger partial charge in [-0.05, 0) is 33.0 Å². The molecule has 2 N–H and O–H groups in total. The van der Waals surface area contributed by atoms with Gasteiger partial charge in [-0.15, -0.1) is 6.42 Å². The van der Waals surface area contributed by atoms with Crippen molar-refractivity contribution in [1.29, 1.82) is 0 Å². The summed E-state index contributed by atoms with van der Waals surface area (Å²) in [7, 11) is 0. The van der Waals surface area contributed by atoms with Crippen LogP contribution in [0.25, 0.3) is 0 Å². The number of aromatic nitrogens is 2. The maximum Gasteiger partial charge on any atom is 0.423 e. The third-order valence-corrected chi connectivity index (χ3v) is 4.22. The van der Waals surface area contributed by atoms with Crippen LogP contribution in [0.15, 0.2) is 15.8 Å². The van der Waals surface area contributed by atoms with Crippen molar-refractivity contribution in [1.82, 2.24) is 14.9 Å². The Balaban J connectivity index is 2.21. The highest BCUT2D eigenvalue weighted by Crippen LogP contribution is 2.32. The molecule has 0 radical (unpaired) electrons. The Labute approximate surface area is 175 Å². The van der Waals surface area contributed by atoms with Crippen molar-refractivity contribution in [2.75, 3.05) is 13.2 Å². The SMILES string of the molecule is C#CCO[C@H]1C[C@H](n2cc(C(F)(F)F)c(=O)[nH]c2=O)O[C@@H]1COC(=S)NC(C)(C)C. The van der Waals surface area contributed by atoms with E-state index in [1.807, 2.05) is 20.8 Å². The summed E-state index contributed by atoms with van der Waals surface area (Å²) in [4.78, 5) is 25.2. The van der Waals surface area contributed by atoms with Gasteiger partial charge in [0.25, 0.3) is 10.7 Å². The van der Waals surface area contributed by atoms with Crippen LogP contribution in [0.5, 0.6) is 0 Å². The summed E-state index contributed by atoms with van der Waals surface area (Å²) < 4.78 is 56.5. The van der Waals surface area contributed by atoms with Gasteiger partial charge in [0, 0.05) is 18.2 Å². The lowest BCUT2D eigenvalue weighted by atomic mass is 10.1. The second-order valence-corrected chi connectivity index (χ2v) is 7.97. The van der Waals surface area contributed by atoms with Crippen LogP contribution in [0.1, 0.15) is 39.0 Å². The first kappa shape index (κ1) is 23.9. The van der Waals surface area contributed by atoms with E-state index < -0.39 is 41.4 Å². The quantitative estimate of drug-likeness (QED) is 0.520. The van der Waals surface area contributed by atoms with Gasteiger partial charge in [-0.2, -0.15) is 13.2 Å². The molecule has 0 saturated carbocycles. The second kappa shape index (κ2) is 9.20. The summed E-state index contributed by atoms with van der Waals surface area (Å²) >= 11 is 5.10. The summed E-state index contributed by atoms with van der Waals surface area (Å²) in [5.41, 5.74) is -4.42. The topological polar surface area (TPSA) is 94.6 Å². The fourth-order valence-electron chi connectivity index (χ4n) is 2.75. The minimum atomic E-state index is -4.94. The molecule has 2 heterocycles. The first-order valence-corrected chi connectivity index (χ1v) is 9.31. The number of thiocarbonyl (C=S) groups is 1. The molecule has 0 aliphatic carbocycles. The van der Waals surface area contributed by atoms with Crippen molar-refractivity contribution in [3.8, 4) is 12.3 Å². The van der Waals surface area contributed by atoms with Crippen LogP contribution < -0.4 is 16.6 Å². The van der Waals surface area contributed by atoms with E-state index in [4.69, 9.17) is 32.9 Å². The van der Waals surface area contributed by atoms with Crippen LogP contribution in [0.2, 0.25) is 0 Å². The molecule has 0 bridgehead atoms. The predicted octanol–water partition coefficient (Wildman–Crippen LogP) is 1.55. The van der Waals surface area contributed by atoms with Crippen LogP contribution in [0.4, 0.5) is 13.2 Å². The van der Waals surface area contributed by atoms with Crippen molar-refractivity contribution in [2.24, 2.45) is 0 Å². The van der Waals surface area contributed by atoms with Crippen LogP contribution in [-0.4, -0.2) is 45.7 Å². The second-order valence-electron chi connectivity index (χ2n) is 7.60. The minimum absolute atomic E-state index is 0.0123. The van der Waals surface area contributed by atoms with Gasteiger partial charge in [0.15, 0.2) is 0 Å². The van der Waals surface area contributed by atoms with Crippen molar-refractivity contribution in [2.45, 2.75) is 57.3 Å². The van der Waals surface area contributed by atoms with Gasteiger partial charge in [0.2, 0.25) is 0 Å². The normalized spacial score (nSPS) is 21.8. The molecule has 12 heteroatoms. The van der Waals surface area contributed by atoms with Gasteiger partial charge in [-0.25, -0.2) is 4.79 Å². The molecule has 0 spiro atoms. The largest absolute Gasteiger partial charge is 0.468 e. The summed E-state index contributed by atoms with van der Waals surface area (Å²) in [6.07, 6.45) is -1.86. The number of hydrogen-bond donors (Lipinski definition) is 2. The summed E-state index contributed by atoms with van der Waals surface area (Å²) in [5.74, 6) is 2.29. The fourth-order valence-corrected chi connectivity index (χ4v) is 3.13. The van der Waals surface area contributed by atoms with Gasteiger partial charge in [0.05, 0.1) is 6.10 Å². The maximum absolute atomic E-state index is 13.0. The number of terminal acetylenes is 1. The Hall–Kier alpha value is -2.36. The van der Waals surface area contributed by atoms with E-state index in [1.54, 1.807) is 4.98 Å². The molecule has 1 fully saturated rings. The number of halogens is 3. The minimum Gasteiger partial charge on any atom is -0.468 e. The Kier molecular flexibility index (Phi) is 7.33. The number of H-pyrrole nitrogens is 1. The summed E-state index contributed by atoms with van der Waals surface area (Å²) in [6, 6.07) is 0. The van der Waals surface area contributed by atoms with E-state index in [0.717, 1.165) is 0 Å². The number of nitrogens with zero attached hydrogens (tertiary/aromatic N) is 1. The fraction of sp³-hybridized carbons (Fsp3) is 0.611. The lowest BCUT2D eigenvalue weighted by Crippen LogP contribution is -2.42. The van der Waals surface area contributed by atoms with Crippen molar-refractivity contribution in [3.63, 3.8) is 0 Å².